The number of nitrogens with one attached hydrogen (secondary N) is 1. The third-order valence-electron chi connectivity index (χ3n) is 4.99. The fourth-order valence-electron chi connectivity index (χ4n) is 3.24. The summed E-state index contributed by atoms with van der Waals surface area (Å²) in [5.74, 6) is -0.189. The Morgan fingerprint density at radius 2 is 1.74 bits per heavy atom. The van der Waals surface area contributed by atoms with Crippen LogP contribution in [0.1, 0.15) is 31.4 Å². The van der Waals surface area contributed by atoms with E-state index in [0.717, 1.165) is 22.9 Å². The Balaban J connectivity index is 2.07. The van der Waals surface area contributed by atoms with Crippen molar-refractivity contribution in [3.63, 3.8) is 0 Å². The van der Waals surface area contributed by atoms with E-state index < -0.39 is 30.8 Å². The maximum atomic E-state index is 12.4. The fourth-order valence-corrected chi connectivity index (χ4v) is 4.83. The van der Waals surface area contributed by atoms with E-state index in [0.29, 0.717) is 5.56 Å². The molecular weight excluding hydrogens is 486 g/mol. The Kier molecular flexibility index (Phi) is 8.61. The summed E-state index contributed by atoms with van der Waals surface area (Å²) in [4.78, 5) is 23.1. The lowest BCUT2D eigenvalue weighted by Gasteiger charge is -2.24. The molecule has 0 aromatic heterocycles. The highest BCUT2D eigenvalue weighted by molar-refractivity contribution is 7.92. The zero-order valence-corrected chi connectivity index (χ0v) is 20.9. The molecule has 0 unspecified atom stereocenters. The second-order valence-electron chi connectivity index (χ2n) is 7.68. The monoisotopic (exact) mass is 513 g/mol. The zero-order valence-electron chi connectivity index (χ0n) is 19.2. The van der Waals surface area contributed by atoms with Crippen molar-refractivity contribution >= 4 is 37.1 Å². The van der Waals surface area contributed by atoms with Crippen LogP contribution < -0.4 is 14.4 Å². The summed E-state index contributed by atoms with van der Waals surface area (Å²) in [7, 11) is -5.82. The topological polar surface area (TPSA) is 153 Å². The van der Waals surface area contributed by atoms with Crippen LogP contribution in [0.2, 0.25) is 0 Å². The number of sulfone groups is 1. The normalized spacial score (nSPS) is 12.6. The standard InChI is InChI=1S/C21H27N3O8S2/c1-15(16-7-10-18(11-8-16)33(3,28)29)22-21(25)6-5-13-23(34(4,30)31)19-14-17(24(26)27)9-12-20(19)32-2/h7-12,14-15H,5-6,13H2,1-4H3,(H,22,25)/t15-/m0/s1. The number of nitro benzene ring substituents is 1. The van der Waals surface area contributed by atoms with Crippen LogP contribution in [0.5, 0.6) is 5.75 Å². The lowest BCUT2D eigenvalue weighted by molar-refractivity contribution is -0.384. The average Bonchev–Trinajstić information content (AvgIpc) is 2.74. The highest BCUT2D eigenvalue weighted by Gasteiger charge is 2.24. The third-order valence-corrected chi connectivity index (χ3v) is 7.30. The number of hydrogen-bond donors (Lipinski definition) is 1. The number of ether oxygens (including phenoxy) is 1. The van der Waals surface area contributed by atoms with Gasteiger partial charge in [0.05, 0.1) is 29.2 Å². The molecule has 0 fully saturated rings. The summed E-state index contributed by atoms with van der Waals surface area (Å²) in [5.41, 5.74) is 0.427. The minimum absolute atomic E-state index is 0.00494. The SMILES string of the molecule is COc1ccc([N+](=O)[O-])cc1N(CCCC(=O)N[C@@H](C)c1ccc(S(C)(=O)=O)cc1)S(C)(=O)=O. The van der Waals surface area contributed by atoms with Gasteiger partial charge in [-0.25, -0.2) is 16.8 Å². The maximum absolute atomic E-state index is 12.4. The van der Waals surface area contributed by atoms with Gasteiger partial charge < -0.3 is 10.1 Å². The van der Waals surface area contributed by atoms with Crippen molar-refractivity contribution in [2.24, 2.45) is 0 Å². The number of nitro groups is 1. The Hall–Kier alpha value is -3.19. The lowest BCUT2D eigenvalue weighted by atomic mass is 10.1. The third kappa shape index (κ3) is 7.15. The number of nitrogens with zero attached hydrogens (tertiary/aromatic N) is 2. The van der Waals surface area contributed by atoms with Crippen molar-refractivity contribution in [1.82, 2.24) is 5.32 Å². The first-order valence-corrected chi connectivity index (χ1v) is 13.9. The number of anilines is 1. The van der Waals surface area contributed by atoms with Crippen LogP contribution in [-0.2, 0) is 24.7 Å². The summed E-state index contributed by atoms with van der Waals surface area (Å²) >= 11 is 0. The van der Waals surface area contributed by atoms with E-state index in [1.165, 1.54) is 31.4 Å². The first-order valence-electron chi connectivity index (χ1n) is 10.1. The molecule has 0 saturated carbocycles. The molecule has 34 heavy (non-hydrogen) atoms. The molecule has 0 aliphatic carbocycles. The van der Waals surface area contributed by atoms with Crippen LogP contribution in [0.25, 0.3) is 0 Å². The van der Waals surface area contributed by atoms with Gasteiger partial charge in [-0.3, -0.25) is 19.2 Å². The molecule has 1 atom stereocenters. The number of sulfonamides is 1. The van der Waals surface area contributed by atoms with Crippen molar-refractivity contribution < 1.29 is 31.3 Å². The molecule has 0 saturated heterocycles. The van der Waals surface area contributed by atoms with Gasteiger partial charge in [0.1, 0.15) is 11.4 Å². The van der Waals surface area contributed by atoms with E-state index in [-0.39, 0.29) is 47.3 Å². The first kappa shape index (κ1) is 27.1. The molecule has 0 bridgehead atoms. The van der Waals surface area contributed by atoms with Gasteiger partial charge in [-0.1, -0.05) is 12.1 Å². The van der Waals surface area contributed by atoms with E-state index in [4.69, 9.17) is 4.74 Å². The summed E-state index contributed by atoms with van der Waals surface area (Å²) in [6.45, 7) is 1.64. The molecule has 0 aliphatic heterocycles. The Labute approximate surface area is 198 Å². The summed E-state index contributed by atoms with van der Waals surface area (Å²) in [6.07, 6.45) is 2.21. The molecule has 11 nitrogen and oxygen atoms in total. The number of carbonyl (C=O) groups excluding carboxylic acids is 1. The smallest absolute Gasteiger partial charge is 0.271 e. The number of non-ortho nitro benzene ring substituents is 1. The lowest BCUT2D eigenvalue weighted by Crippen LogP contribution is -2.33. The molecule has 2 aromatic rings. The molecular formula is C21H27N3O8S2. The van der Waals surface area contributed by atoms with Crippen LogP contribution in [0.4, 0.5) is 11.4 Å². The first-order chi connectivity index (χ1) is 15.7. The van der Waals surface area contributed by atoms with Gasteiger partial charge in [0.25, 0.3) is 5.69 Å². The molecule has 13 heteroatoms. The molecule has 2 aromatic carbocycles. The summed E-state index contributed by atoms with van der Waals surface area (Å²) in [5, 5.41) is 13.9. The predicted molar refractivity (Wildman–Crippen MR) is 127 cm³/mol. The van der Waals surface area contributed by atoms with Gasteiger partial charge in [0, 0.05) is 31.4 Å². The van der Waals surface area contributed by atoms with E-state index >= 15 is 0 Å². The number of benzene rings is 2. The highest BCUT2D eigenvalue weighted by Crippen LogP contribution is 2.34. The minimum atomic E-state index is -3.82. The Morgan fingerprint density at radius 1 is 1.12 bits per heavy atom. The van der Waals surface area contributed by atoms with Gasteiger partial charge in [-0.2, -0.15) is 0 Å². The van der Waals surface area contributed by atoms with E-state index in [1.807, 2.05) is 0 Å². The van der Waals surface area contributed by atoms with Crippen molar-refractivity contribution in [3.8, 4) is 5.75 Å². The second-order valence-corrected chi connectivity index (χ2v) is 11.6. The molecule has 0 spiro atoms. The number of carbonyl (C=O) groups is 1. The zero-order chi connectivity index (χ0) is 25.7. The second kappa shape index (κ2) is 10.8. The van der Waals surface area contributed by atoms with Gasteiger partial charge >= 0.3 is 0 Å². The van der Waals surface area contributed by atoms with Gasteiger partial charge in [0.2, 0.25) is 15.9 Å². The average molecular weight is 514 g/mol. The largest absolute Gasteiger partial charge is 0.495 e. The maximum Gasteiger partial charge on any atom is 0.271 e. The minimum Gasteiger partial charge on any atom is -0.495 e. The number of methoxy groups -OCH3 is 1. The van der Waals surface area contributed by atoms with Crippen molar-refractivity contribution in [3.05, 3.63) is 58.1 Å². The fraction of sp³-hybridized carbons (Fsp3) is 0.381. The van der Waals surface area contributed by atoms with Crippen LogP contribution in [0.3, 0.4) is 0 Å². The summed E-state index contributed by atoms with van der Waals surface area (Å²) < 4.78 is 54.0. The van der Waals surface area contributed by atoms with Crippen LogP contribution in [0.15, 0.2) is 47.4 Å². The predicted octanol–water partition coefficient (Wildman–Crippen LogP) is 2.43. The van der Waals surface area contributed by atoms with E-state index in [1.54, 1.807) is 19.1 Å². The van der Waals surface area contributed by atoms with Crippen LogP contribution >= 0.6 is 0 Å². The van der Waals surface area contributed by atoms with E-state index in [9.17, 15) is 31.7 Å². The molecule has 2 rings (SSSR count). The Bertz CT molecular complexity index is 1260. The van der Waals surface area contributed by atoms with Gasteiger partial charge in [-0.15, -0.1) is 0 Å². The molecule has 186 valence electrons. The summed E-state index contributed by atoms with van der Waals surface area (Å²) in [6, 6.07) is 9.39. The molecule has 0 heterocycles. The van der Waals surface area contributed by atoms with Gasteiger partial charge in [0.15, 0.2) is 9.84 Å². The number of hydrogen-bond acceptors (Lipinski definition) is 8. The number of amides is 1. The quantitative estimate of drug-likeness (QED) is 0.355. The highest BCUT2D eigenvalue weighted by atomic mass is 32.2. The van der Waals surface area contributed by atoms with E-state index in [2.05, 4.69) is 5.32 Å². The molecule has 1 N–H and O–H groups in total. The van der Waals surface area contributed by atoms with Crippen molar-refractivity contribution in [1.29, 1.82) is 0 Å². The number of rotatable bonds is 11. The van der Waals surface area contributed by atoms with Crippen molar-refractivity contribution in [2.75, 3.05) is 30.5 Å². The van der Waals surface area contributed by atoms with Crippen molar-refractivity contribution in [2.45, 2.75) is 30.7 Å². The van der Waals surface area contributed by atoms with Gasteiger partial charge in [-0.05, 0) is 37.1 Å². The van der Waals surface area contributed by atoms with Crippen LogP contribution in [-0.4, -0.2) is 53.8 Å². The molecule has 0 radical (unpaired) electrons. The Morgan fingerprint density at radius 3 is 2.24 bits per heavy atom. The van der Waals surface area contributed by atoms with Crippen LogP contribution in [0, 0.1) is 10.1 Å². The molecule has 0 aliphatic rings. The molecule has 1 amide bonds.